The predicted octanol–water partition coefficient (Wildman–Crippen LogP) is 3.90. The van der Waals surface area contributed by atoms with Gasteiger partial charge < -0.3 is 15.8 Å². The molecule has 1 amide bonds. The number of anilines is 2. The molecule has 0 spiro atoms. The lowest BCUT2D eigenvalue weighted by atomic mass is 9.93. The molecular weight excluding hydrogens is 524 g/mol. The molecule has 13 heteroatoms. The molecule has 1 saturated carbocycles. The van der Waals surface area contributed by atoms with Crippen molar-refractivity contribution in [2.24, 2.45) is 0 Å². The average Bonchev–Trinajstić information content (AvgIpc) is 3.29. The van der Waals surface area contributed by atoms with E-state index >= 15 is 4.39 Å². The van der Waals surface area contributed by atoms with Gasteiger partial charge in [0.2, 0.25) is 0 Å². The van der Waals surface area contributed by atoms with Crippen LogP contribution in [0, 0.1) is 11.6 Å². The van der Waals surface area contributed by atoms with Crippen molar-refractivity contribution in [1.82, 2.24) is 24.3 Å². The number of amides is 1. The van der Waals surface area contributed by atoms with E-state index in [-0.39, 0.29) is 40.3 Å². The summed E-state index contributed by atoms with van der Waals surface area (Å²) in [5, 5.41) is 9.42. The van der Waals surface area contributed by atoms with Gasteiger partial charge in [-0.05, 0) is 55.7 Å². The predicted molar refractivity (Wildman–Crippen MR) is 142 cm³/mol. The Hall–Kier alpha value is -5.33. The summed E-state index contributed by atoms with van der Waals surface area (Å²) in [6, 6.07) is 9.87. The molecule has 0 radical (unpaired) electrons. The molecule has 0 unspecified atom stereocenters. The summed E-state index contributed by atoms with van der Waals surface area (Å²) in [6.07, 6.45) is 4.99. The van der Waals surface area contributed by atoms with Crippen LogP contribution >= 0.6 is 0 Å². The first kappa shape index (κ1) is 25.0. The van der Waals surface area contributed by atoms with Crippen LogP contribution in [0.2, 0.25) is 0 Å². The molecule has 0 bridgehead atoms. The van der Waals surface area contributed by atoms with Gasteiger partial charge in [-0.2, -0.15) is 5.10 Å². The molecule has 0 saturated heterocycles. The van der Waals surface area contributed by atoms with Gasteiger partial charge in [-0.3, -0.25) is 19.3 Å². The Balaban J connectivity index is 1.31. The van der Waals surface area contributed by atoms with Crippen LogP contribution in [-0.2, 0) is 0 Å². The largest absolute Gasteiger partial charge is 0.453 e. The molecule has 4 N–H and O–H groups in total. The molecule has 202 valence electrons. The molecule has 1 aliphatic carbocycles. The van der Waals surface area contributed by atoms with E-state index in [4.69, 9.17) is 10.5 Å². The number of nitrogens with two attached hydrogens (primary N) is 1. The average molecular weight is 546 g/mol. The van der Waals surface area contributed by atoms with E-state index in [2.05, 4.69) is 20.5 Å². The molecule has 3 heterocycles. The Kier molecular flexibility index (Phi) is 6.10. The second kappa shape index (κ2) is 9.76. The van der Waals surface area contributed by atoms with Crippen molar-refractivity contribution in [3.63, 3.8) is 0 Å². The number of aromatic amines is 1. The molecule has 2 aromatic carbocycles. The fourth-order valence-corrected chi connectivity index (χ4v) is 4.48. The van der Waals surface area contributed by atoms with Crippen LogP contribution in [0.3, 0.4) is 0 Å². The van der Waals surface area contributed by atoms with Crippen LogP contribution in [0.15, 0.2) is 70.5 Å². The van der Waals surface area contributed by atoms with Crippen LogP contribution in [0.4, 0.5) is 20.3 Å². The maximum absolute atomic E-state index is 15.0. The number of pyridine rings is 1. The summed E-state index contributed by atoms with van der Waals surface area (Å²) in [5.41, 5.74) is 4.50. The summed E-state index contributed by atoms with van der Waals surface area (Å²) in [4.78, 5) is 43.8. The van der Waals surface area contributed by atoms with Crippen molar-refractivity contribution in [2.75, 3.05) is 11.1 Å². The second-order valence-corrected chi connectivity index (χ2v) is 9.28. The number of ether oxygens (including phenoxy) is 1. The number of aromatic nitrogens is 5. The molecule has 3 aromatic heterocycles. The first-order valence-electron chi connectivity index (χ1n) is 12.3. The third-order valence-corrected chi connectivity index (χ3v) is 6.77. The van der Waals surface area contributed by atoms with Crippen molar-refractivity contribution in [3.05, 3.63) is 99.0 Å². The van der Waals surface area contributed by atoms with Gasteiger partial charge in [0.15, 0.2) is 17.2 Å². The first-order valence-corrected chi connectivity index (χ1v) is 12.3. The highest BCUT2D eigenvalue weighted by atomic mass is 19.1. The van der Waals surface area contributed by atoms with E-state index in [1.807, 2.05) is 0 Å². The number of nitrogens with zero attached hydrogens (tertiary/aromatic N) is 4. The zero-order chi connectivity index (χ0) is 28.0. The minimum absolute atomic E-state index is 0.0478. The van der Waals surface area contributed by atoms with E-state index in [1.54, 1.807) is 0 Å². The smallest absolute Gasteiger partial charge is 0.335 e. The maximum Gasteiger partial charge on any atom is 0.335 e. The number of benzene rings is 2. The molecule has 11 nitrogen and oxygen atoms in total. The van der Waals surface area contributed by atoms with Gasteiger partial charge >= 0.3 is 5.69 Å². The topological polar surface area (TPSA) is 150 Å². The summed E-state index contributed by atoms with van der Waals surface area (Å²) < 4.78 is 36.4. The van der Waals surface area contributed by atoms with Crippen molar-refractivity contribution in [3.8, 4) is 17.2 Å². The van der Waals surface area contributed by atoms with Gasteiger partial charge in [0.1, 0.15) is 28.3 Å². The minimum atomic E-state index is -0.885. The molecule has 0 aliphatic heterocycles. The zero-order valence-electron chi connectivity index (χ0n) is 20.7. The fraction of sp³-hybridized carbons (Fsp3) is 0.148. The number of carbonyl (C=O) groups excluding carboxylic acids is 1. The van der Waals surface area contributed by atoms with E-state index in [0.29, 0.717) is 23.9 Å². The number of nitrogen functional groups attached to an aromatic ring is 1. The number of fused-ring (bicyclic) bond motifs is 1. The van der Waals surface area contributed by atoms with E-state index < -0.39 is 28.8 Å². The minimum Gasteiger partial charge on any atom is -0.453 e. The molecule has 40 heavy (non-hydrogen) atoms. The van der Waals surface area contributed by atoms with Crippen LogP contribution in [0.1, 0.15) is 35.7 Å². The SMILES string of the molecule is Nc1[nH]nc2nccc(Oc3ccc(NC(=O)c4cn(C5CCC5)c(=O)n(-c5ccc(F)cc5)c4=O)cc3F)c12. The van der Waals surface area contributed by atoms with Crippen molar-refractivity contribution in [2.45, 2.75) is 25.3 Å². The third kappa shape index (κ3) is 4.36. The zero-order valence-corrected chi connectivity index (χ0v) is 20.7. The number of H-pyrrole nitrogens is 1. The van der Waals surface area contributed by atoms with E-state index in [0.717, 1.165) is 29.2 Å². The number of hydrogen-bond acceptors (Lipinski definition) is 7. The Labute approximate surface area is 223 Å². The van der Waals surface area contributed by atoms with Gasteiger partial charge in [0, 0.05) is 36.3 Å². The summed E-state index contributed by atoms with van der Waals surface area (Å²) in [7, 11) is 0. The van der Waals surface area contributed by atoms with Crippen LogP contribution in [0.25, 0.3) is 16.7 Å². The molecule has 5 aromatic rings. The van der Waals surface area contributed by atoms with Crippen molar-refractivity contribution < 1.29 is 18.3 Å². The number of halogens is 2. The Morgan fingerprint density at radius 3 is 2.55 bits per heavy atom. The first-order chi connectivity index (χ1) is 19.3. The highest BCUT2D eigenvalue weighted by molar-refractivity contribution is 6.04. The van der Waals surface area contributed by atoms with Gasteiger partial charge in [0.05, 0.1) is 5.69 Å². The fourth-order valence-electron chi connectivity index (χ4n) is 4.48. The lowest BCUT2D eigenvalue weighted by Crippen LogP contribution is -2.44. The monoisotopic (exact) mass is 545 g/mol. The third-order valence-electron chi connectivity index (χ3n) is 6.77. The summed E-state index contributed by atoms with van der Waals surface area (Å²) in [6.45, 7) is 0. The van der Waals surface area contributed by atoms with Gasteiger partial charge in [-0.25, -0.2) is 23.1 Å². The highest BCUT2D eigenvalue weighted by Crippen LogP contribution is 2.33. The van der Waals surface area contributed by atoms with Crippen LogP contribution < -0.4 is 27.0 Å². The molecular formula is C27H21F2N7O4. The Morgan fingerprint density at radius 2 is 1.85 bits per heavy atom. The number of nitrogens with one attached hydrogen (secondary N) is 2. The molecule has 0 atom stereocenters. The summed E-state index contributed by atoms with van der Waals surface area (Å²) >= 11 is 0. The van der Waals surface area contributed by atoms with Gasteiger partial charge in [0.25, 0.3) is 11.5 Å². The van der Waals surface area contributed by atoms with E-state index in [1.165, 1.54) is 47.3 Å². The van der Waals surface area contributed by atoms with Gasteiger partial charge in [-0.15, -0.1) is 0 Å². The number of carbonyl (C=O) groups is 1. The standard InChI is InChI=1S/C27H21F2N7O4/c28-14-4-7-17(8-5-14)36-26(38)18(13-35(27(36)39)16-2-1-3-16)25(37)32-15-6-9-20(19(29)12-15)40-21-10-11-31-24-22(21)23(30)33-34-24/h4-13,16H,1-3H2,(H,32,37)(H3,30,31,33,34). The number of rotatable bonds is 6. The van der Waals surface area contributed by atoms with Gasteiger partial charge in [-0.1, -0.05) is 0 Å². The highest BCUT2D eigenvalue weighted by Gasteiger charge is 2.26. The Morgan fingerprint density at radius 1 is 1.07 bits per heavy atom. The van der Waals surface area contributed by atoms with Crippen LogP contribution in [-0.4, -0.2) is 30.2 Å². The maximum atomic E-state index is 15.0. The normalized spacial score (nSPS) is 13.2. The molecule has 1 fully saturated rings. The molecule has 6 rings (SSSR count). The quantitative estimate of drug-likeness (QED) is 0.293. The van der Waals surface area contributed by atoms with E-state index in [9.17, 15) is 18.8 Å². The van der Waals surface area contributed by atoms with Crippen molar-refractivity contribution in [1.29, 1.82) is 0 Å². The molecule has 1 aliphatic rings. The van der Waals surface area contributed by atoms with Crippen molar-refractivity contribution >= 4 is 28.4 Å². The van der Waals surface area contributed by atoms with Crippen LogP contribution in [0.5, 0.6) is 11.5 Å². The lowest BCUT2D eigenvalue weighted by Gasteiger charge is -2.28. The second-order valence-electron chi connectivity index (χ2n) is 9.28. The Bertz CT molecular complexity index is 1890. The lowest BCUT2D eigenvalue weighted by molar-refractivity contribution is 0.102. The summed E-state index contributed by atoms with van der Waals surface area (Å²) in [5.74, 6) is -1.90. The number of hydrogen-bond donors (Lipinski definition) is 3.